The lowest BCUT2D eigenvalue weighted by Crippen LogP contribution is -2.14. The van der Waals surface area contributed by atoms with Crippen molar-refractivity contribution in [1.82, 2.24) is 29.9 Å². The highest BCUT2D eigenvalue weighted by atomic mass is 32.1. The largest absolute Gasteiger partial charge is 0.496 e. The van der Waals surface area contributed by atoms with Crippen LogP contribution >= 0.6 is 11.3 Å². The van der Waals surface area contributed by atoms with E-state index in [9.17, 15) is 4.79 Å². The number of aromatic nitrogens is 6. The molecule has 4 heterocycles. The highest BCUT2D eigenvalue weighted by molar-refractivity contribution is 7.15. The number of thiophene rings is 1. The molecule has 10 heteroatoms. The fourth-order valence-corrected chi connectivity index (χ4v) is 4.56. The molecule has 0 aliphatic rings. The van der Waals surface area contributed by atoms with Crippen LogP contribution in [0.5, 0.6) is 5.75 Å². The molecule has 0 aliphatic heterocycles. The fourth-order valence-electron chi connectivity index (χ4n) is 3.73. The number of hydrogen-bond acceptors (Lipinski definition) is 7. The van der Waals surface area contributed by atoms with Gasteiger partial charge in [-0.1, -0.05) is 12.1 Å². The van der Waals surface area contributed by atoms with E-state index in [0.29, 0.717) is 28.2 Å². The summed E-state index contributed by atoms with van der Waals surface area (Å²) < 4.78 is 7.22. The summed E-state index contributed by atoms with van der Waals surface area (Å²) >= 11 is 1.63. The molecule has 0 unspecified atom stereocenters. The number of H-pyrrole nitrogens is 1. The maximum Gasteiger partial charge on any atom is 0.258 e. The van der Waals surface area contributed by atoms with Crippen molar-refractivity contribution in [1.29, 1.82) is 0 Å². The van der Waals surface area contributed by atoms with E-state index in [1.54, 1.807) is 30.7 Å². The molecule has 0 fully saturated rings. The highest BCUT2D eigenvalue weighted by Crippen LogP contribution is 2.31. The SMILES string of the molecule is COc1ccccc1-c1nc(NC(=O)c2cc(-c3ccc(C)s3)nc3c2cnn3C(C)C)n[nH]1. The van der Waals surface area contributed by atoms with Gasteiger partial charge in [-0.25, -0.2) is 9.67 Å². The molecule has 5 rings (SSSR count). The van der Waals surface area contributed by atoms with E-state index in [1.165, 1.54) is 4.88 Å². The molecule has 0 bridgehead atoms. The third-order valence-electron chi connectivity index (χ3n) is 5.37. The summed E-state index contributed by atoms with van der Waals surface area (Å²) in [6.45, 7) is 6.10. The van der Waals surface area contributed by atoms with Gasteiger partial charge in [0.25, 0.3) is 5.91 Å². The summed E-state index contributed by atoms with van der Waals surface area (Å²) in [5.41, 5.74) is 2.59. The topological polar surface area (TPSA) is 111 Å². The van der Waals surface area contributed by atoms with Gasteiger partial charge in [0.05, 0.1) is 40.4 Å². The normalized spacial score (nSPS) is 11.3. The van der Waals surface area contributed by atoms with Gasteiger partial charge in [-0.15, -0.1) is 16.4 Å². The fraction of sp³-hybridized carbons (Fsp3) is 0.208. The number of pyridine rings is 1. The third kappa shape index (κ3) is 3.92. The summed E-state index contributed by atoms with van der Waals surface area (Å²) in [5.74, 6) is 0.982. The molecule has 172 valence electrons. The summed E-state index contributed by atoms with van der Waals surface area (Å²) in [5, 5.41) is 15.0. The van der Waals surface area contributed by atoms with Crippen LogP contribution in [0.15, 0.2) is 48.7 Å². The Bertz CT molecular complexity index is 1500. The van der Waals surface area contributed by atoms with E-state index in [0.717, 1.165) is 16.1 Å². The number of amides is 1. The highest BCUT2D eigenvalue weighted by Gasteiger charge is 2.20. The number of carbonyl (C=O) groups is 1. The van der Waals surface area contributed by atoms with Gasteiger partial charge in [-0.05, 0) is 51.1 Å². The first kappa shape index (κ1) is 21.8. The molecule has 34 heavy (non-hydrogen) atoms. The number of anilines is 1. The van der Waals surface area contributed by atoms with Gasteiger partial charge in [0.1, 0.15) is 5.75 Å². The van der Waals surface area contributed by atoms with Crippen molar-refractivity contribution in [3.8, 4) is 27.7 Å². The number of benzene rings is 1. The number of nitrogens with zero attached hydrogens (tertiary/aromatic N) is 5. The molecule has 5 aromatic rings. The van der Waals surface area contributed by atoms with Crippen molar-refractivity contribution >= 4 is 34.2 Å². The second-order valence-electron chi connectivity index (χ2n) is 8.05. The molecule has 0 aliphatic carbocycles. The van der Waals surface area contributed by atoms with Gasteiger partial charge in [0, 0.05) is 10.9 Å². The maximum absolute atomic E-state index is 13.4. The molecule has 9 nitrogen and oxygen atoms in total. The number of aryl methyl sites for hydroxylation is 1. The molecular weight excluding hydrogens is 450 g/mol. The van der Waals surface area contributed by atoms with Crippen molar-refractivity contribution in [3.63, 3.8) is 0 Å². The molecule has 0 atom stereocenters. The first-order chi connectivity index (χ1) is 16.4. The number of methoxy groups -OCH3 is 1. The van der Waals surface area contributed by atoms with Crippen LogP contribution < -0.4 is 10.1 Å². The number of rotatable bonds is 6. The summed E-state index contributed by atoms with van der Waals surface area (Å²) in [6.07, 6.45) is 1.68. The zero-order valence-electron chi connectivity index (χ0n) is 19.2. The van der Waals surface area contributed by atoms with Gasteiger partial charge >= 0.3 is 0 Å². The number of nitrogens with one attached hydrogen (secondary N) is 2. The van der Waals surface area contributed by atoms with Crippen LogP contribution in [0.25, 0.3) is 33.0 Å². The van der Waals surface area contributed by atoms with Gasteiger partial charge in [0.2, 0.25) is 5.95 Å². The Balaban J connectivity index is 1.53. The minimum absolute atomic E-state index is 0.0950. The van der Waals surface area contributed by atoms with Crippen LogP contribution in [0, 0.1) is 6.92 Å². The van der Waals surface area contributed by atoms with Crippen LogP contribution in [0.4, 0.5) is 5.95 Å². The maximum atomic E-state index is 13.4. The Morgan fingerprint density at radius 2 is 2.00 bits per heavy atom. The van der Waals surface area contributed by atoms with E-state index in [1.807, 2.05) is 61.9 Å². The smallest absolute Gasteiger partial charge is 0.258 e. The van der Waals surface area contributed by atoms with E-state index in [4.69, 9.17) is 9.72 Å². The van der Waals surface area contributed by atoms with Crippen molar-refractivity contribution in [2.45, 2.75) is 26.8 Å². The van der Waals surface area contributed by atoms with Gasteiger partial charge in [-0.2, -0.15) is 10.1 Å². The number of para-hydroxylation sites is 1. The molecule has 0 radical (unpaired) electrons. The third-order valence-corrected chi connectivity index (χ3v) is 6.39. The number of hydrogen-bond donors (Lipinski definition) is 2. The number of ether oxygens (including phenoxy) is 1. The predicted molar refractivity (Wildman–Crippen MR) is 132 cm³/mol. The molecule has 1 aromatic carbocycles. The van der Waals surface area contributed by atoms with Crippen LogP contribution in [0.3, 0.4) is 0 Å². The van der Waals surface area contributed by atoms with E-state index in [2.05, 4.69) is 25.6 Å². The van der Waals surface area contributed by atoms with E-state index >= 15 is 0 Å². The predicted octanol–water partition coefficient (Wildman–Crippen LogP) is 5.10. The molecule has 0 saturated heterocycles. The Morgan fingerprint density at radius 1 is 1.18 bits per heavy atom. The number of fused-ring (bicyclic) bond motifs is 1. The average Bonchev–Trinajstić information content (AvgIpc) is 3.57. The Hall–Kier alpha value is -4.05. The van der Waals surface area contributed by atoms with Crippen LogP contribution in [0.2, 0.25) is 0 Å². The minimum atomic E-state index is -0.337. The second-order valence-corrected chi connectivity index (χ2v) is 9.34. The van der Waals surface area contributed by atoms with Crippen molar-refractivity contribution < 1.29 is 9.53 Å². The Kier molecular flexibility index (Phi) is 5.58. The van der Waals surface area contributed by atoms with Gasteiger partial charge in [0.15, 0.2) is 11.5 Å². The quantitative estimate of drug-likeness (QED) is 0.355. The van der Waals surface area contributed by atoms with Crippen LogP contribution in [-0.2, 0) is 0 Å². The number of carbonyl (C=O) groups excluding carboxylic acids is 1. The zero-order chi connectivity index (χ0) is 23.8. The molecule has 4 aromatic heterocycles. The van der Waals surface area contributed by atoms with E-state index in [-0.39, 0.29) is 17.9 Å². The Labute approximate surface area is 199 Å². The van der Waals surface area contributed by atoms with Crippen molar-refractivity contribution in [2.75, 3.05) is 12.4 Å². The summed E-state index contributed by atoms with van der Waals surface area (Å²) in [7, 11) is 1.59. The zero-order valence-corrected chi connectivity index (χ0v) is 20.0. The van der Waals surface area contributed by atoms with Crippen LogP contribution in [0.1, 0.15) is 35.1 Å². The first-order valence-electron chi connectivity index (χ1n) is 10.8. The summed E-state index contributed by atoms with van der Waals surface area (Å²) in [4.78, 5) is 24.8. The molecule has 0 saturated carbocycles. The van der Waals surface area contributed by atoms with Gasteiger partial charge < -0.3 is 4.74 Å². The number of aromatic amines is 1. The molecular formula is C24H23N7O2S. The minimum Gasteiger partial charge on any atom is -0.496 e. The molecule has 0 spiro atoms. The lowest BCUT2D eigenvalue weighted by molar-refractivity contribution is 0.102. The summed E-state index contributed by atoms with van der Waals surface area (Å²) in [6, 6.07) is 13.4. The van der Waals surface area contributed by atoms with Crippen molar-refractivity contribution in [2.24, 2.45) is 0 Å². The standard InChI is InChI=1S/C24H23N7O2S/c1-13(2)31-22-17(12-25-31)16(11-18(26-22)20-10-9-14(3)34-20)23(32)28-24-27-21(29-30-24)15-7-5-6-8-19(15)33-4/h5-13H,1-4H3,(H2,27,28,29,30,32). The lowest BCUT2D eigenvalue weighted by Gasteiger charge is -2.09. The molecule has 1 amide bonds. The van der Waals surface area contributed by atoms with Crippen LogP contribution in [-0.4, -0.2) is 43.0 Å². The molecule has 2 N–H and O–H groups in total. The lowest BCUT2D eigenvalue weighted by atomic mass is 10.1. The first-order valence-corrected chi connectivity index (χ1v) is 11.6. The van der Waals surface area contributed by atoms with Crippen molar-refractivity contribution in [3.05, 3.63) is 59.1 Å². The van der Waals surface area contributed by atoms with E-state index < -0.39 is 0 Å². The monoisotopic (exact) mass is 473 g/mol. The Morgan fingerprint density at radius 3 is 2.74 bits per heavy atom. The van der Waals surface area contributed by atoms with Gasteiger partial charge in [-0.3, -0.25) is 15.2 Å². The second kappa shape index (κ2) is 8.71. The average molecular weight is 474 g/mol.